The number of hydrogen-bond donors (Lipinski definition) is 1. The van der Waals surface area contributed by atoms with Crippen LogP contribution < -0.4 is 4.72 Å². The third kappa shape index (κ3) is 3.70. The third-order valence-electron chi connectivity index (χ3n) is 6.78. The molecule has 0 bridgehead atoms. The topological polar surface area (TPSA) is 101 Å². The summed E-state index contributed by atoms with van der Waals surface area (Å²) >= 11 is 0. The van der Waals surface area contributed by atoms with Crippen LogP contribution in [-0.2, 0) is 10.0 Å². The lowest BCUT2D eigenvalue weighted by Gasteiger charge is -2.18. The number of nitriles is 1. The Bertz CT molecular complexity index is 1310. The SMILES string of the molecule is Cc1ccc2c(C#N)c(-c3ncc(S(=O)(=O)NC(C)C4CC4)cn3)n(C3CCCC3)c2c1. The molecule has 2 aliphatic rings. The summed E-state index contributed by atoms with van der Waals surface area (Å²) in [5.74, 6) is 0.797. The molecular weight excluding hydrogens is 422 g/mol. The van der Waals surface area contributed by atoms with Crippen LogP contribution in [0.15, 0.2) is 35.5 Å². The van der Waals surface area contributed by atoms with Crippen LogP contribution in [0.5, 0.6) is 0 Å². The summed E-state index contributed by atoms with van der Waals surface area (Å²) in [4.78, 5) is 8.93. The van der Waals surface area contributed by atoms with Crippen molar-refractivity contribution in [3.8, 4) is 17.6 Å². The van der Waals surface area contributed by atoms with Crippen LogP contribution in [0.1, 0.15) is 62.6 Å². The van der Waals surface area contributed by atoms with Crippen LogP contribution >= 0.6 is 0 Å². The van der Waals surface area contributed by atoms with Crippen LogP contribution in [0.4, 0.5) is 0 Å². The fourth-order valence-corrected chi connectivity index (χ4v) is 6.08. The first kappa shape index (κ1) is 21.1. The van der Waals surface area contributed by atoms with Crippen molar-refractivity contribution >= 4 is 20.9 Å². The Morgan fingerprint density at radius 3 is 2.47 bits per heavy atom. The van der Waals surface area contributed by atoms with Gasteiger partial charge in [-0.15, -0.1) is 0 Å². The van der Waals surface area contributed by atoms with E-state index in [1.807, 2.05) is 26.0 Å². The van der Waals surface area contributed by atoms with Crippen molar-refractivity contribution in [2.75, 3.05) is 0 Å². The van der Waals surface area contributed by atoms with Crippen molar-refractivity contribution in [1.29, 1.82) is 5.26 Å². The molecule has 0 amide bonds. The molecule has 32 heavy (non-hydrogen) atoms. The van der Waals surface area contributed by atoms with Crippen molar-refractivity contribution < 1.29 is 8.42 Å². The van der Waals surface area contributed by atoms with Crippen LogP contribution in [0, 0.1) is 24.2 Å². The molecule has 3 aromatic rings. The highest BCUT2D eigenvalue weighted by Gasteiger charge is 2.32. The number of benzene rings is 1. The second-order valence-electron chi connectivity index (χ2n) is 9.15. The first-order chi connectivity index (χ1) is 15.4. The van der Waals surface area contributed by atoms with E-state index >= 15 is 0 Å². The number of aromatic nitrogens is 3. The maximum absolute atomic E-state index is 12.8. The number of nitrogens with zero attached hydrogens (tertiary/aromatic N) is 4. The van der Waals surface area contributed by atoms with Crippen molar-refractivity contribution in [2.24, 2.45) is 5.92 Å². The molecule has 2 heterocycles. The molecule has 1 unspecified atom stereocenters. The number of sulfonamides is 1. The number of fused-ring (bicyclic) bond motifs is 1. The number of rotatable bonds is 6. The van der Waals surface area contributed by atoms with E-state index in [4.69, 9.17) is 0 Å². The van der Waals surface area contributed by atoms with Crippen LogP contribution in [0.25, 0.3) is 22.4 Å². The van der Waals surface area contributed by atoms with E-state index in [1.165, 1.54) is 12.4 Å². The van der Waals surface area contributed by atoms with E-state index < -0.39 is 10.0 Å². The second kappa shape index (κ2) is 7.98. The Kier molecular flexibility index (Phi) is 5.26. The molecule has 0 aliphatic heterocycles. The first-order valence-corrected chi connectivity index (χ1v) is 12.8. The molecule has 8 heteroatoms. The molecule has 0 spiro atoms. The van der Waals surface area contributed by atoms with Crippen molar-refractivity contribution in [3.05, 3.63) is 41.7 Å². The standard InChI is InChI=1S/C24H27N5O2S/c1-15-7-10-20-21(12-25)23(29(22(20)11-15)18-5-3-4-6-18)24-26-13-19(14-27-24)32(30,31)28-16(2)17-8-9-17/h7,10-11,13-14,16-18,28H,3-6,8-9H2,1-2H3. The molecule has 2 aromatic heterocycles. The second-order valence-corrected chi connectivity index (χ2v) is 10.9. The largest absolute Gasteiger partial charge is 0.334 e. The normalized spacial score (nSPS) is 18.2. The van der Waals surface area contributed by atoms with Gasteiger partial charge >= 0.3 is 0 Å². The smallest absolute Gasteiger partial charge is 0.243 e. The Balaban J connectivity index is 1.60. The molecule has 2 aliphatic carbocycles. The van der Waals surface area contributed by atoms with Gasteiger partial charge in [0.1, 0.15) is 16.7 Å². The number of hydrogen-bond acceptors (Lipinski definition) is 5. The van der Waals surface area contributed by atoms with Crippen LogP contribution in [0.3, 0.4) is 0 Å². The van der Waals surface area contributed by atoms with Gasteiger partial charge < -0.3 is 4.57 Å². The average molecular weight is 450 g/mol. The molecule has 2 fully saturated rings. The maximum atomic E-state index is 12.8. The van der Waals surface area contributed by atoms with Crippen LogP contribution in [0.2, 0.25) is 0 Å². The van der Waals surface area contributed by atoms with E-state index in [2.05, 4.69) is 31.4 Å². The zero-order chi connectivity index (χ0) is 22.5. The van der Waals surface area contributed by atoms with E-state index in [-0.39, 0.29) is 17.0 Å². The summed E-state index contributed by atoms with van der Waals surface area (Å²) in [7, 11) is -3.68. The molecule has 2 saturated carbocycles. The molecule has 1 aromatic carbocycles. The van der Waals surface area contributed by atoms with Gasteiger partial charge in [0.05, 0.1) is 23.5 Å². The lowest BCUT2D eigenvalue weighted by molar-refractivity contribution is 0.536. The van der Waals surface area contributed by atoms with Gasteiger partial charge in [0.15, 0.2) is 5.82 Å². The molecule has 1 N–H and O–H groups in total. The highest BCUT2D eigenvalue weighted by atomic mass is 32.2. The predicted molar refractivity (Wildman–Crippen MR) is 122 cm³/mol. The molecule has 0 saturated heterocycles. The van der Waals surface area contributed by atoms with Crippen molar-refractivity contribution in [1.82, 2.24) is 19.3 Å². The number of nitrogens with one attached hydrogen (secondary N) is 1. The van der Waals surface area contributed by atoms with E-state index in [1.54, 1.807) is 0 Å². The monoisotopic (exact) mass is 449 g/mol. The maximum Gasteiger partial charge on any atom is 0.243 e. The molecule has 5 rings (SSSR count). The van der Waals surface area contributed by atoms with E-state index in [0.29, 0.717) is 23.0 Å². The Morgan fingerprint density at radius 2 is 1.84 bits per heavy atom. The minimum atomic E-state index is -3.68. The van der Waals surface area contributed by atoms with Gasteiger partial charge in [-0.3, -0.25) is 0 Å². The quantitative estimate of drug-likeness (QED) is 0.598. The van der Waals surface area contributed by atoms with Gasteiger partial charge in [0.2, 0.25) is 10.0 Å². The van der Waals surface area contributed by atoms with Gasteiger partial charge in [0.25, 0.3) is 0 Å². The Hall–Kier alpha value is -2.76. The molecular formula is C24H27N5O2S. The fourth-order valence-electron chi connectivity index (χ4n) is 4.88. The summed E-state index contributed by atoms with van der Waals surface area (Å²) < 4.78 is 30.5. The molecule has 0 radical (unpaired) electrons. The average Bonchev–Trinajstić information content (AvgIpc) is 3.40. The highest BCUT2D eigenvalue weighted by molar-refractivity contribution is 7.89. The summed E-state index contributed by atoms with van der Waals surface area (Å²) in [5, 5.41) is 10.9. The van der Waals surface area contributed by atoms with E-state index in [0.717, 1.165) is 55.0 Å². The third-order valence-corrected chi connectivity index (χ3v) is 8.30. The lowest BCUT2D eigenvalue weighted by atomic mass is 10.1. The Labute approximate surface area is 188 Å². The van der Waals surface area contributed by atoms with Gasteiger partial charge in [-0.2, -0.15) is 5.26 Å². The van der Waals surface area contributed by atoms with Gasteiger partial charge in [-0.1, -0.05) is 25.0 Å². The zero-order valence-electron chi connectivity index (χ0n) is 18.4. The highest BCUT2D eigenvalue weighted by Crippen LogP contribution is 2.40. The minimum absolute atomic E-state index is 0.0478. The molecule has 7 nitrogen and oxygen atoms in total. The van der Waals surface area contributed by atoms with Crippen LogP contribution in [-0.4, -0.2) is 29.0 Å². The first-order valence-electron chi connectivity index (χ1n) is 11.3. The summed E-state index contributed by atoms with van der Waals surface area (Å²) in [6, 6.07) is 8.65. The summed E-state index contributed by atoms with van der Waals surface area (Å²) in [6.45, 7) is 3.94. The van der Waals surface area contributed by atoms with Gasteiger partial charge in [-0.25, -0.2) is 23.1 Å². The lowest BCUT2D eigenvalue weighted by Crippen LogP contribution is -2.34. The number of aryl methyl sites for hydroxylation is 1. The molecule has 166 valence electrons. The zero-order valence-corrected chi connectivity index (χ0v) is 19.2. The Morgan fingerprint density at radius 1 is 1.16 bits per heavy atom. The van der Waals surface area contributed by atoms with E-state index in [9.17, 15) is 13.7 Å². The summed E-state index contributed by atoms with van der Waals surface area (Å²) in [5.41, 5.74) is 3.37. The van der Waals surface area contributed by atoms with Crippen molar-refractivity contribution in [3.63, 3.8) is 0 Å². The fraction of sp³-hybridized carbons (Fsp3) is 0.458. The van der Waals surface area contributed by atoms with Gasteiger partial charge in [0, 0.05) is 17.5 Å². The molecule has 1 atom stereocenters. The van der Waals surface area contributed by atoms with Crippen molar-refractivity contribution in [2.45, 2.75) is 69.4 Å². The predicted octanol–water partition coefficient (Wildman–Crippen LogP) is 4.47. The van der Waals surface area contributed by atoms with Gasteiger partial charge in [-0.05, 0) is 57.1 Å². The summed E-state index contributed by atoms with van der Waals surface area (Å²) in [6.07, 6.45) is 9.22. The minimum Gasteiger partial charge on any atom is -0.334 e.